The number of nitrogens with one attached hydrogen (secondary N) is 1. The quantitative estimate of drug-likeness (QED) is 0.438. The summed E-state index contributed by atoms with van der Waals surface area (Å²) in [4.78, 5) is 12.7. The Hall–Kier alpha value is -3.32. The van der Waals surface area contributed by atoms with Gasteiger partial charge in [-0.25, -0.2) is 8.42 Å². The lowest BCUT2D eigenvalue weighted by atomic mass is 10.0. The summed E-state index contributed by atoms with van der Waals surface area (Å²) in [5, 5.41) is 3.02. The van der Waals surface area contributed by atoms with Crippen molar-refractivity contribution >= 4 is 21.6 Å². The third-order valence-electron chi connectivity index (χ3n) is 5.61. The molecule has 1 amide bonds. The molecule has 0 bridgehead atoms. The summed E-state index contributed by atoms with van der Waals surface area (Å²) in [6.07, 6.45) is 2.16. The van der Waals surface area contributed by atoms with E-state index < -0.39 is 10.0 Å². The second-order valence-electron chi connectivity index (χ2n) is 8.18. The van der Waals surface area contributed by atoms with E-state index in [1.165, 1.54) is 16.1 Å². The number of carbonyl (C=O) groups excluding carboxylic acids is 1. The molecule has 3 aromatic carbocycles. The molecule has 0 aliphatic heterocycles. The zero-order chi connectivity index (χ0) is 24.7. The number of sulfonamides is 1. The minimum atomic E-state index is -3.51. The molecule has 7 heteroatoms. The fourth-order valence-electron chi connectivity index (χ4n) is 3.61. The van der Waals surface area contributed by atoms with Crippen LogP contribution in [0.2, 0.25) is 0 Å². The molecule has 0 aliphatic carbocycles. The molecule has 1 atom stereocenters. The Morgan fingerprint density at radius 2 is 1.50 bits per heavy atom. The number of benzene rings is 3. The second-order valence-corrected chi connectivity index (χ2v) is 10.1. The summed E-state index contributed by atoms with van der Waals surface area (Å²) in [6, 6.07) is 22.0. The third kappa shape index (κ3) is 6.60. The predicted octanol–water partition coefficient (Wildman–Crippen LogP) is 5.10. The third-order valence-corrected chi connectivity index (χ3v) is 6.75. The number of carbonyl (C=O) groups is 1. The molecule has 0 aromatic heterocycles. The van der Waals surface area contributed by atoms with Gasteiger partial charge in [0.1, 0.15) is 5.75 Å². The summed E-state index contributed by atoms with van der Waals surface area (Å²) in [5.74, 6) is 0.510. The van der Waals surface area contributed by atoms with E-state index in [-0.39, 0.29) is 18.5 Å². The average molecular weight is 481 g/mol. The Kier molecular flexibility index (Phi) is 8.34. The Balaban J connectivity index is 1.69. The number of nitrogens with zero attached hydrogens (tertiary/aromatic N) is 1. The van der Waals surface area contributed by atoms with E-state index >= 15 is 0 Å². The molecule has 0 fully saturated rings. The minimum absolute atomic E-state index is 0.126. The average Bonchev–Trinajstić information content (AvgIpc) is 2.83. The van der Waals surface area contributed by atoms with E-state index in [9.17, 15) is 13.2 Å². The van der Waals surface area contributed by atoms with Crippen molar-refractivity contribution in [3.8, 4) is 5.75 Å². The van der Waals surface area contributed by atoms with Gasteiger partial charge in [0.15, 0.2) is 0 Å². The molecular weight excluding hydrogens is 448 g/mol. The summed E-state index contributed by atoms with van der Waals surface area (Å²) in [5.41, 5.74) is 4.15. The maximum Gasteiger partial charge on any atom is 0.251 e. The predicted molar refractivity (Wildman–Crippen MR) is 137 cm³/mol. The normalized spacial score (nSPS) is 12.1. The molecule has 6 nitrogen and oxygen atoms in total. The number of hydrogen-bond acceptors (Lipinski definition) is 4. The number of ether oxygens (including phenoxy) is 1. The summed E-state index contributed by atoms with van der Waals surface area (Å²) in [7, 11) is -3.51. The Morgan fingerprint density at radius 1 is 0.912 bits per heavy atom. The van der Waals surface area contributed by atoms with E-state index in [0.29, 0.717) is 23.6 Å². The molecule has 0 heterocycles. The van der Waals surface area contributed by atoms with Gasteiger partial charge in [-0.3, -0.25) is 9.10 Å². The molecular formula is C27H32N2O4S. The summed E-state index contributed by atoms with van der Waals surface area (Å²) < 4.78 is 31.7. The Labute approximate surface area is 202 Å². The summed E-state index contributed by atoms with van der Waals surface area (Å²) >= 11 is 0. The highest BCUT2D eigenvalue weighted by Crippen LogP contribution is 2.24. The fourth-order valence-corrected chi connectivity index (χ4v) is 4.50. The van der Waals surface area contributed by atoms with Gasteiger partial charge >= 0.3 is 0 Å². The van der Waals surface area contributed by atoms with Gasteiger partial charge in [0.25, 0.3) is 5.91 Å². The zero-order valence-electron chi connectivity index (χ0n) is 20.1. The molecule has 0 saturated heterocycles. The highest BCUT2D eigenvalue weighted by molar-refractivity contribution is 7.92. The van der Waals surface area contributed by atoms with Gasteiger partial charge in [-0.15, -0.1) is 0 Å². The van der Waals surface area contributed by atoms with Gasteiger partial charge in [-0.05, 0) is 73.4 Å². The molecule has 0 saturated carbocycles. The second kappa shape index (κ2) is 11.2. The van der Waals surface area contributed by atoms with Crippen molar-refractivity contribution in [2.24, 2.45) is 0 Å². The number of aryl methyl sites for hydroxylation is 1. The van der Waals surface area contributed by atoms with Crippen molar-refractivity contribution in [2.75, 3.05) is 17.2 Å². The van der Waals surface area contributed by atoms with Crippen LogP contribution in [0.1, 0.15) is 53.9 Å². The number of amides is 1. The van der Waals surface area contributed by atoms with E-state index in [0.717, 1.165) is 17.5 Å². The lowest BCUT2D eigenvalue weighted by molar-refractivity contribution is 0.0940. The molecule has 34 heavy (non-hydrogen) atoms. The van der Waals surface area contributed by atoms with Crippen LogP contribution in [0.3, 0.4) is 0 Å². The maximum atomic E-state index is 12.7. The molecule has 3 rings (SSSR count). The molecule has 0 unspecified atom stereocenters. The van der Waals surface area contributed by atoms with E-state index in [1.807, 2.05) is 26.0 Å². The van der Waals surface area contributed by atoms with E-state index in [4.69, 9.17) is 4.74 Å². The van der Waals surface area contributed by atoms with Gasteiger partial charge in [0.2, 0.25) is 10.0 Å². The van der Waals surface area contributed by atoms with Gasteiger partial charge in [-0.1, -0.05) is 43.3 Å². The largest absolute Gasteiger partial charge is 0.494 e. The number of anilines is 1. The van der Waals surface area contributed by atoms with Crippen LogP contribution in [0.15, 0.2) is 72.8 Å². The molecule has 180 valence electrons. The van der Waals surface area contributed by atoms with Crippen molar-refractivity contribution in [1.82, 2.24) is 5.32 Å². The van der Waals surface area contributed by atoms with Crippen LogP contribution in [-0.4, -0.2) is 27.2 Å². The van der Waals surface area contributed by atoms with Crippen molar-refractivity contribution in [3.63, 3.8) is 0 Å². The molecule has 1 N–H and O–H groups in total. The number of rotatable bonds is 10. The van der Waals surface area contributed by atoms with Gasteiger partial charge in [-0.2, -0.15) is 0 Å². The monoisotopic (exact) mass is 480 g/mol. The Bertz CT molecular complexity index is 1190. The van der Waals surface area contributed by atoms with Crippen LogP contribution < -0.4 is 14.4 Å². The van der Waals surface area contributed by atoms with Gasteiger partial charge in [0.05, 0.1) is 31.1 Å². The van der Waals surface area contributed by atoms with Crippen LogP contribution in [-0.2, 0) is 23.0 Å². The SMILES string of the molecule is CCOc1ccc(N(Cc2ccc(C(=O)N[C@@H](C)c3ccc(CC)cc3)cc2)S(C)(=O)=O)cc1. The minimum Gasteiger partial charge on any atom is -0.494 e. The molecule has 0 radical (unpaired) electrons. The maximum absolute atomic E-state index is 12.7. The number of hydrogen-bond donors (Lipinski definition) is 1. The zero-order valence-corrected chi connectivity index (χ0v) is 20.9. The van der Waals surface area contributed by atoms with E-state index in [2.05, 4.69) is 24.4 Å². The first kappa shape index (κ1) is 25.3. The van der Waals surface area contributed by atoms with Crippen molar-refractivity contribution < 1.29 is 17.9 Å². The first-order chi connectivity index (χ1) is 16.2. The molecule has 3 aromatic rings. The van der Waals surface area contributed by atoms with Crippen molar-refractivity contribution in [2.45, 2.75) is 39.8 Å². The standard InChI is InChI=1S/C27H32N2O4S/c1-5-21-7-11-23(12-8-21)20(3)28-27(30)24-13-9-22(10-14-24)19-29(34(4,31)32)25-15-17-26(18-16-25)33-6-2/h7-18,20H,5-6,19H2,1-4H3,(H,28,30)/t20-/m0/s1. The lowest BCUT2D eigenvalue weighted by Crippen LogP contribution is -2.29. The first-order valence-electron chi connectivity index (χ1n) is 11.4. The smallest absolute Gasteiger partial charge is 0.251 e. The van der Waals surface area contributed by atoms with Gasteiger partial charge < -0.3 is 10.1 Å². The first-order valence-corrected chi connectivity index (χ1v) is 13.2. The molecule has 0 aliphatic rings. The van der Waals surface area contributed by atoms with Crippen LogP contribution >= 0.6 is 0 Å². The highest BCUT2D eigenvalue weighted by atomic mass is 32.2. The summed E-state index contributed by atoms with van der Waals surface area (Å²) in [6.45, 7) is 6.66. The molecule has 0 spiro atoms. The topological polar surface area (TPSA) is 75.7 Å². The van der Waals surface area contributed by atoms with Crippen LogP contribution in [0.25, 0.3) is 0 Å². The van der Waals surface area contributed by atoms with E-state index in [1.54, 1.807) is 48.5 Å². The Morgan fingerprint density at radius 3 is 2.03 bits per heavy atom. The van der Waals surface area contributed by atoms with Crippen molar-refractivity contribution in [3.05, 3.63) is 95.1 Å². The van der Waals surface area contributed by atoms with Gasteiger partial charge in [0, 0.05) is 5.56 Å². The van der Waals surface area contributed by atoms with Crippen LogP contribution in [0.5, 0.6) is 5.75 Å². The fraction of sp³-hybridized carbons (Fsp3) is 0.296. The van der Waals surface area contributed by atoms with Crippen LogP contribution in [0, 0.1) is 0 Å². The lowest BCUT2D eigenvalue weighted by Gasteiger charge is -2.23. The van der Waals surface area contributed by atoms with Crippen LogP contribution in [0.4, 0.5) is 5.69 Å². The highest BCUT2D eigenvalue weighted by Gasteiger charge is 2.18. The van der Waals surface area contributed by atoms with Crippen molar-refractivity contribution in [1.29, 1.82) is 0 Å².